The molecule has 0 bridgehead atoms. The van der Waals surface area contributed by atoms with Crippen LogP contribution in [0.5, 0.6) is 0 Å². The van der Waals surface area contributed by atoms with E-state index in [0.717, 1.165) is 12.8 Å². The van der Waals surface area contributed by atoms with Crippen LogP contribution in [-0.4, -0.2) is 23.5 Å². The minimum absolute atomic E-state index is 0.222. The Hall–Kier alpha value is -1.26. The highest BCUT2D eigenvalue weighted by Gasteiger charge is 2.18. The van der Waals surface area contributed by atoms with Crippen LogP contribution in [0.3, 0.4) is 0 Å². The summed E-state index contributed by atoms with van der Waals surface area (Å²) in [6.07, 6.45) is -0.893. The number of hydrogen-bond acceptors (Lipinski definition) is 4. The van der Waals surface area contributed by atoms with Crippen LogP contribution in [0, 0.1) is 5.92 Å². The molecule has 2 atom stereocenters. The van der Waals surface area contributed by atoms with Gasteiger partial charge in [0.15, 0.2) is 0 Å². The van der Waals surface area contributed by atoms with Gasteiger partial charge in [-0.25, -0.2) is 4.79 Å². The summed E-state index contributed by atoms with van der Waals surface area (Å²) in [6, 6.07) is 0. The maximum Gasteiger partial charge on any atom is 0.508 e. The SMILES string of the molecule is CCCC(C)C(=O)OC(C)OC(=O)O. The van der Waals surface area contributed by atoms with Crippen molar-refractivity contribution >= 4 is 12.1 Å². The zero-order chi connectivity index (χ0) is 11.1. The second-order valence-electron chi connectivity index (χ2n) is 3.08. The van der Waals surface area contributed by atoms with Crippen molar-refractivity contribution in [2.75, 3.05) is 0 Å². The minimum atomic E-state index is -1.45. The Morgan fingerprint density at radius 1 is 1.29 bits per heavy atom. The van der Waals surface area contributed by atoms with Crippen molar-refractivity contribution < 1.29 is 24.2 Å². The van der Waals surface area contributed by atoms with Crippen LogP contribution < -0.4 is 0 Å². The van der Waals surface area contributed by atoms with E-state index in [-0.39, 0.29) is 5.92 Å². The third-order valence-electron chi connectivity index (χ3n) is 1.67. The largest absolute Gasteiger partial charge is 0.508 e. The first kappa shape index (κ1) is 12.7. The van der Waals surface area contributed by atoms with Gasteiger partial charge in [-0.3, -0.25) is 4.79 Å². The number of esters is 1. The molecule has 0 fully saturated rings. The van der Waals surface area contributed by atoms with Crippen LogP contribution in [0.25, 0.3) is 0 Å². The predicted molar refractivity (Wildman–Crippen MR) is 48.7 cm³/mol. The molecule has 0 aromatic carbocycles. The van der Waals surface area contributed by atoms with E-state index in [4.69, 9.17) is 9.84 Å². The Morgan fingerprint density at radius 2 is 1.86 bits per heavy atom. The van der Waals surface area contributed by atoms with Crippen LogP contribution in [0.1, 0.15) is 33.6 Å². The maximum atomic E-state index is 11.2. The van der Waals surface area contributed by atoms with Gasteiger partial charge in [-0.15, -0.1) is 0 Å². The van der Waals surface area contributed by atoms with Gasteiger partial charge < -0.3 is 14.6 Å². The van der Waals surface area contributed by atoms with Crippen LogP contribution in [0.2, 0.25) is 0 Å². The molecule has 0 aromatic heterocycles. The Labute approximate surface area is 83.0 Å². The molecule has 82 valence electrons. The van der Waals surface area contributed by atoms with E-state index in [2.05, 4.69) is 4.74 Å². The number of ether oxygens (including phenoxy) is 2. The molecule has 0 spiro atoms. The van der Waals surface area contributed by atoms with Crippen molar-refractivity contribution in [3.8, 4) is 0 Å². The molecule has 14 heavy (non-hydrogen) atoms. The molecule has 0 heterocycles. The molecule has 5 nitrogen and oxygen atoms in total. The molecule has 0 radical (unpaired) electrons. The lowest BCUT2D eigenvalue weighted by Crippen LogP contribution is -2.24. The lowest BCUT2D eigenvalue weighted by Gasteiger charge is -2.14. The zero-order valence-electron chi connectivity index (χ0n) is 8.65. The molecule has 2 unspecified atom stereocenters. The molecule has 0 saturated carbocycles. The van der Waals surface area contributed by atoms with Gasteiger partial charge in [-0.1, -0.05) is 20.3 Å². The van der Waals surface area contributed by atoms with Crippen molar-refractivity contribution in [3.63, 3.8) is 0 Å². The quantitative estimate of drug-likeness (QED) is 0.547. The predicted octanol–water partition coefficient (Wildman–Crippen LogP) is 2.01. The number of carbonyl (C=O) groups is 2. The summed E-state index contributed by atoms with van der Waals surface area (Å²) >= 11 is 0. The van der Waals surface area contributed by atoms with Gasteiger partial charge in [-0.05, 0) is 6.42 Å². The van der Waals surface area contributed by atoms with Crippen molar-refractivity contribution in [1.29, 1.82) is 0 Å². The number of carboxylic acid groups (broad SMARTS) is 1. The smallest absolute Gasteiger partial charge is 0.450 e. The Balaban J connectivity index is 3.86. The van der Waals surface area contributed by atoms with Gasteiger partial charge >= 0.3 is 12.1 Å². The minimum Gasteiger partial charge on any atom is -0.450 e. The molecule has 1 N–H and O–H groups in total. The highest BCUT2D eigenvalue weighted by Crippen LogP contribution is 2.09. The summed E-state index contributed by atoms with van der Waals surface area (Å²) < 4.78 is 8.96. The van der Waals surface area contributed by atoms with E-state index >= 15 is 0 Å². The first-order valence-corrected chi connectivity index (χ1v) is 4.57. The zero-order valence-corrected chi connectivity index (χ0v) is 8.65. The van der Waals surface area contributed by atoms with Gasteiger partial charge in [0.2, 0.25) is 6.29 Å². The maximum absolute atomic E-state index is 11.2. The fourth-order valence-corrected chi connectivity index (χ4v) is 0.997. The lowest BCUT2D eigenvalue weighted by atomic mass is 10.1. The Morgan fingerprint density at radius 3 is 2.29 bits per heavy atom. The average molecular weight is 204 g/mol. The fourth-order valence-electron chi connectivity index (χ4n) is 0.997. The molecule has 0 amide bonds. The molecule has 0 rings (SSSR count). The molecule has 0 aliphatic carbocycles. The van der Waals surface area contributed by atoms with Gasteiger partial charge in [0, 0.05) is 6.92 Å². The second kappa shape index (κ2) is 6.23. The van der Waals surface area contributed by atoms with E-state index in [1.54, 1.807) is 6.92 Å². The Bertz CT molecular complexity index is 201. The van der Waals surface area contributed by atoms with E-state index in [9.17, 15) is 9.59 Å². The van der Waals surface area contributed by atoms with E-state index in [1.165, 1.54) is 6.92 Å². The summed E-state index contributed by atoms with van der Waals surface area (Å²) in [7, 11) is 0. The monoisotopic (exact) mass is 204 g/mol. The van der Waals surface area contributed by atoms with Crippen molar-refractivity contribution in [2.24, 2.45) is 5.92 Å². The molecule has 0 aliphatic heterocycles. The summed E-state index contributed by atoms with van der Waals surface area (Å²) in [6.45, 7) is 5.06. The topological polar surface area (TPSA) is 72.8 Å². The van der Waals surface area contributed by atoms with E-state index in [0.29, 0.717) is 0 Å². The molecule has 5 heteroatoms. The van der Waals surface area contributed by atoms with Crippen molar-refractivity contribution in [1.82, 2.24) is 0 Å². The first-order chi connectivity index (χ1) is 6.47. The number of rotatable bonds is 5. The molecule has 0 saturated heterocycles. The average Bonchev–Trinajstić information content (AvgIpc) is 2.02. The van der Waals surface area contributed by atoms with Crippen molar-refractivity contribution in [2.45, 2.75) is 39.9 Å². The molecular weight excluding hydrogens is 188 g/mol. The number of carbonyl (C=O) groups excluding carboxylic acids is 1. The number of hydrogen-bond donors (Lipinski definition) is 1. The standard InChI is InChI=1S/C9H16O5/c1-4-5-6(2)8(10)13-7(3)14-9(11)12/h6-7H,4-5H2,1-3H3,(H,11,12). The lowest BCUT2D eigenvalue weighted by molar-refractivity contribution is -0.171. The van der Waals surface area contributed by atoms with Crippen LogP contribution in [-0.2, 0) is 14.3 Å². The van der Waals surface area contributed by atoms with E-state index < -0.39 is 18.4 Å². The summed E-state index contributed by atoms with van der Waals surface area (Å²) in [5.41, 5.74) is 0. The molecule has 0 aromatic rings. The summed E-state index contributed by atoms with van der Waals surface area (Å²) in [5, 5.41) is 8.23. The van der Waals surface area contributed by atoms with Gasteiger partial charge in [-0.2, -0.15) is 0 Å². The second-order valence-corrected chi connectivity index (χ2v) is 3.08. The highest BCUT2D eigenvalue weighted by molar-refractivity contribution is 5.72. The van der Waals surface area contributed by atoms with Crippen LogP contribution in [0.4, 0.5) is 4.79 Å². The first-order valence-electron chi connectivity index (χ1n) is 4.57. The van der Waals surface area contributed by atoms with Gasteiger partial charge in [0.25, 0.3) is 0 Å². The molecule has 0 aliphatic rings. The normalized spacial score (nSPS) is 14.2. The summed E-state index contributed by atoms with van der Waals surface area (Å²) in [5.74, 6) is -0.652. The summed E-state index contributed by atoms with van der Waals surface area (Å²) in [4.78, 5) is 21.3. The van der Waals surface area contributed by atoms with Crippen LogP contribution >= 0.6 is 0 Å². The van der Waals surface area contributed by atoms with Crippen LogP contribution in [0.15, 0.2) is 0 Å². The third kappa shape index (κ3) is 5.40. The van der Waals surface area contributed by atoms with Gasteiger partial charge in [0.05, 0.1) is 5.92 Å². The molecular formula is C9H16O5. The Kier molecular flexibility index (Phi) is 5.67. The fraction of sp³-hybridized carbons (Fsp3) is 0.778. The van der Waals surface area contributed by atoms with E-state index in [1.807, 2.05) is 6.92 Å². The van der Waals surface area contributed by atoms with Gasteiger partial charge in [0.1, 0.15) is 0 Å². The highest BCUT2D eigenvalue weighted by atomic mass is 16.8. The van der Waals surface area contributed by atoms with Crippen molar-refractivity contribution in [3.05, 3.63) is 0 Å². The third-order valence-corrected chi connectivity index (χ3v) is 1.67.